The Morgan fingerprint density at radius 3 is 2.83 bits per heavy atom. The molecule has 62 valence electrons. The molecule has 1 aromatic carbocycles. The van der Waals surface area contributed by atoms with Gasteiger partial charge in [-0.3, -0.25) is 0 Å². The number of aryl methyl sites for hydroxylation is 1. The highest BCUT2D eigenvalue weighted by atomic mass is 79.9. The lowest BCUT2D eigenvalue weighted by molar-refractivity contribution is 0.628. The molecule has 1 aromatic heterocycles. The molecule has 0 saturated heterocycles. The maximum Gasteiger partial charge on any atom is 0.126 e. The van der Waals surface area contributed by atoms with Crippen molar-refractivity contribution in [3.8, 4) is 0 Å². The van der Waals surface area contributed by atoms with Crippen molar-refractivity contribution in [2.75, 3.05) is 0 Å². The second kappa shape index (κ2) is 2.59. The van der Waals surface area contributed by atoms with Gasteiger partial charge in [0.25, 0.3) is 0 Å². The molecule has 0 atom stereocenters. The molecule has 2 rings (SSSR count). The first-order valence-corrected chi connectivity index (χ1v) is 4.40. The lowest BCUT2D eigenvalue weighted by Gasteiger charge is -1.93. The highest BCUT2D eigenvalue weighted by molar-refractivity contribution is 9.10. The van der Waals surface area contributed by atoms with Crippen LogP contribution in [0.15, 0.2) is 22.7 Å². The highest BCUT2D eigenvalue weighted by Crippen LogP contribution is 2.25. The van der Waals surface area contributed by atoms with Crippen LogP contribution in [0.4, 0.5) is 4.39 Å². The molecule has 0 amide bonds. The molecule has 12 heavy (non-hydrogen) atoms. The molecular weight excluding hydrogens is 221 g/mol. The third kappa shape index (κ3) is 1.14. The third-order valence-electron chi connectivity index (χ3n) is 1.79. The minimum atomic E-state index is -0.226. The summed E-state index contributed by atoms with van der Waals surface area (Å²) in [5.74, 6) is -0.226. The van der Waals surface area contributed by atoms with Crippen LogP contribution in [0.25, 0.3) is 10.9 Å². The molecule has 0 spiro atoms. The van der Waals surface area contributed by atoms with Gasteiger partial charge in [0.2, 0.25) is 0 Å². The van der Waals surface area contributed by atoms with Gasteiger partial charge < -0.3 is 4.98 Å². The standard InChI is InChI=1S/C9H7BrFN/c1-5-2-7-8(10)3-6(11)4-9(7)12-5/h2-4,12H,1H3. The van der Waals surface area contributed by atoms with Gasteiger partial charge in [-0.15, -0.1) is 0 Å². The topological polar surface area (TPSA) is 15.8 Å². The predicted molar refractivity (Wildman–Crippen MR) is 50.7 cm³/mol. The van der Waals surface area contributed by atoms with Crippen molar-refractivity contribution in [2.24, 2.45) is 0 Å². The molecule has 1 nitrogen and oxygen atoms in total. The molecule has 3 heteroatoms. The molecule has 0 aliphatic carbocycles. The van der Waals surface area contributed by atoms with E-state index < -0.39 is 0 Å². The third-order valence-corrected chi connectivity index (χ3v) is 2.44. The minimum Gasteiger partial charge on any atom is -0.359 e. The van der Waals surface area contributed by atoms with Gasteiger partial charge in [0.15, 0.2) is 0 Å². The van der Waals surface area contributed by atoms with Crippen molar-refractivity contribution in [3.05, 3.63) is 34.2 Å². The Kier molecular flexibility index (Phi) is 1.68. The molecule has 0 bridgehead atoms. The van der Waals surface area contributed by atoms with Crippen LogP contribution < -0.4 is 0 Å². The van der Waals surface area contributed by atoms with E-state index in [4.69, 9.17) is 0 Å². The van der Waals surface area contributed by atoms with E-state index in [1.165, 1.54) is 12.1 Å². The molecule has 0 saturated carbocycles. The summed E-state index contributed by atoms with van der Waals surface area (Å²) < 4.78 is 13.7. The fraction of sp³-hybridized carbons (Fsp3) is 0.111. The van der Waals surface area contributed by atoms with Crippen LogP contribution in [0.3, 0.4) is 0 Å². The number of halogens is 2. The summed E-state index contributed by atoms with van der Waals surface area (Å²) in [6.45, 7) is 1.95. The Bertz CT molecular complexity index is 433. The molecule has 1 N–H and O–H groups in total. The van der Waals surface area contributed by atoms with E-state index in [9.17, 15) is 4.39 Å². The smallest absolute Gasteiger partial charge is 0.126 e. The van der Waals surface area contributed by atoms with Crippen molar-refractivity contribution < 1.29 is 4.39 Å². The zero-order chi connectivity index (χ0) is 8.72. The lowest BCUT2D eigenvalue weighted by Crippen LogP contribution is -1.75. The van der Waals surface area contributed by atoms with Crippen LogP contribution in [0, 0.1) is 12.7 Å². The Morgan fingerprint density at radius 2 is 2.08 bits per heavy atom. The van der Waals surface area contributed by atoms with E-state index in [1.807, 2.05) is 13.0 Å². The summed E-state index contributed by atoms with van der Waals surface area (Å²) >= 11 is 3.30. The summed E-state index contributed by atoms with van der Waals surface area (Å²) in [5, 5.41) is 1.02. The fourth-order valence-electron chi connectivity index (χ4n) is 1.30. The normalized spacial score (nSPS) is 10.9. The molecule has 0 aliphatic heterocycles. The number of rotatable bonds is 0. The molecular formula is C9H7BrFN. The Morgan fingerprint density at radius 1 is 1.33 bits per heavy atom. The largest absolute Gasteiger partial charge is 0.359 e. The number of aromatic nitrogens is 1. The summed E-state index contributed by atoms with van der Waals surface area (Å²) in [6, 6.07) is 4.95. The summed E-state index contributed by atoms with van der Waals surface area (Å²) in [6.07, 6.45) is 0. The number of H-pyrrole nitrogens is 1. The van der Waals surface area contributed by atoms with Crippen LogP contribution in [0.5, 0.6) is 0 Å². The Balaban J connectivity index is 2.88. The van der Waals surface area contributed by atoms with Gasteiger partial charge in [0, 0.05) is 21.1 Å². The molecule has 0 fully saturated rings. The maximum absolute atomic E-state index is 12.9. The quantitative estimate of drug-likeness (QED) is 0.711. The number of aromatic amines is 1. The van der Waals surface area contributed by atoms with Crippen molar-refractivity contribution in [2.45, 2.75) is 6.92 Å². The molecule has 2 aromatic rings. The molecule has 0 radical (unpaired) electrons. The Hall–Kier alpha value is -0.830. The van der Waals surface area contributed by atoms with Gasteiger partial charge in [-0.2, -0.15) is 0 Å². The second-order valence-electron chi connectivity index (χ2n) is 2.80. The van der Waals surface area contributed by atoms with Crippen molar-refractivity contribution >= 4 is 26.8 Å². The monoisotopic (exact) mass is 227 g/mol. The summed E-state index contributed by atoms with van der Waals surface area (Å²) in [5.41, 5.74) is 1.87. The minimum absolute atomic E-state index is 0.226. The second-order valence-corrected chi connectivity index (χ2v) is 3.66. The number of hydrogen-bond acceptors (Lipinski definition) is 0. The molecule has 0 aliphatic rings. The first-order valence-electron chi connectivity index (χ1n) is 3.61. The van der Waals surface area contributed by atoms with E-state index in [0.29, 0.717) is 0 Å². The number of nitrogens with one attached hydrogen (secondary N) is 1. The van der Waals surface area contributed by atoms with E-state index in [-0.39, 0.29) is 5.82 Å². The summed E-state index contributed by atoms with van der Waals surface area (Å²) in [7, 11) is 0. The van der Waals surface area contributed by atoms with E-state index >= 15 is 0 Å². The first-order chi connectivity index (χ1) is 5.66. The van der Waals surface area contributed by atoms with Crippen LogP contribution in [-0.4, -0.2) is 4.98 Å². The van der Waals surface area contributed by atoms with Crippen LogP contribution >= 0.6 is 15.9 Å². The van der Waals surface area contributed by atoms with E-state index in [0.717, 1.165) is 21.1 Å². The van der Waals surface area contributed by atoms with Crippen LogP contribution in [0.1, 0.15) is 5.69 Å². The number of fused-ring (bicyclic) bond motifs is 1. The van der Waals surface area contributed by atoms with Gasteiger partial charge >= 0.3 is 0 Å². The average molecular weight is 228 g/mol. The number of hydrogen-bond donors (Lipinski definition) is 1. The number of benzene rings is 1. The SMILES string of the molecule is Cc1cc2c(Br)cc(F)cc2[nH]1. The van der Waals surface area contributed by atoms with Crippen molar-refractivity contribution in [1.29, 1.82) is 0 Å². The van der Waals surface area contributed by atoms with Crippen molar-refractivity contribution in [1.82, 2.24) is 4.98 Å². The van der Waals surface area contributed by atoms with Gasteiger partial charge in [-0.25, -0.2) is 4.39 Å². The van der Waals surface area contributed by atoms with Gasteiger partial charge in [0.1, 0.15) is 5.82 Å². The predicted octanol–water partition coefficient (Wildman–Crippen LogP) is 3.38. The average Bonchev–Trinajstić information content (AvgIpc) is 2.29. The van der Waals surface area contributed by atoms with Crippen molar-refractivity contribution in [3.63, 3.8) is 0 Å². The molecule has 1 heterocycles. The summed E-state index contributed by atoms with van der Waals surface area (Å²) in [4.78, 5) is 3.07. The van der Waals surface area contributed by atoms with Crippen LogP contribution in [0.2, 0.25) is 0 Å². The maximum atomic E-state index is 12.9. The van der Waals surface area contributed by atoms with Gasteiger partial charge in [-0.1, -0.05) is 0 Å². The van der Waals surface area contributed by atoms with Gasteiger partial charge in [0.05, 0.1) is 0 Å². The van der Waals surface area contributed by atoms with Crippen LogP contribution in [-0.2, 0) is 0 Å². The van der Waals surface area contributed by atoms with E-state index in [2.05, 4.69) is 20.9 Å². The first kappa shape index (κ1) is 7.80. The zero-order valence-electron chi connectivity index (χ0n) is 6.49. The molecule has 0 unspecified atom stereocenters. The van der Waals surface area contributed by atoms with E-state index in [1.54, 1.807) is 0 Å². The highest BCUT2D eigenvalue weighted by Gasteiger charge is 2.03. The zero-order valence-corrected chi connectivity index (χ0v) is 8.07. The fourth-order valence-corrected chi connectivity index (χ4v) is 1.85. The van der Waals surface area contributed by atoms with Gasteiger partial charge in [-0.05, 0) is 41.1 Å². The lowest BCUT2D eigenvalue weighted by atomic mass is 10.2. The Labute approximate surface area is 77.7 Å².